The molecule has 0 N–H and O–H groups in total. The van der Waals surface area contributed by atoms with Gasteiger partial charge in [0.1, 0.15) is 0 Å². The van der Waals surface area contributed by atoms with E-state index >= 15 is 0 Å². The van der Waals surface area contributed by atoms with Crippen LogP contribution in [0.25, 0.3) is 93.5 Å². The van der Waals surface area contributed by atoms with Crippen LogP contribution in [0, 0.1) is 13.8 Å². The van der Waals surface area contributed by atoms with Gasteiger partial charge in [-0.2, -0.15) is 0 Å². The van der Waals surface area contributed by atoms with Crippen molar-refractivity contribution in [3.05, 3.63) is 199 Å². The van der Waals surface area contributed by atoms with Crippen molar-refractivity contribution in [2.24, 2.45) is 0 Å². The molecule has 0 aliphatic carbocycles. The molecule has 1 heterocycles. The van der Waals surface area contributed by atoms with Gasteiger partial charge in [-0.1, -0.05) is 177 Å². The predicted octanol–water partition coefficient (Wildman–Crippen LogP) is 15.7. The van der Waals surface area contributed by atoms with Crippen LogP contribution in [0.5, 0.6) is 0 Å². The van der Waals surface area contributed by atoms with Gasteiger partial charge in [0, 0.05) is 16.5 Å². The smallest absolute Gasteiger partial charge is 0.0541 e. The fourth-order valence-electron chi connectivity index (χ4n) is 8.89. The molecule has 0 spiro atoms. The lowest BCUT2D eigenvalue weighted by Gasteiger charge is -2.19. The van der Waals surface area contributed by atoms with Crippen molar-refractivity contribution in [2.75, 3.05) is 0 Å². The van der Waals surface area contributed by atoms with Gasteiger partial charge in [0.05, 0.1) is 11.0 Å². The van der Waals surface area contributed by atoms with Gasteiger partial charge in [0.2, 0.25) is 0 Å². The minimum atomic E-state index is 0.0551. The van der Waals surface area contributed by atoms with E-state index in [1.807, 2.05) is 0 Å². The molecule has 1 nitrogen and oxygen atoms in total. The van der Waals surface area contributed by atoms with Crippen LogP contribution in [0.15, 0.2) is 182 Å². The van der Waals surface area contributed by atoms with E-state index in [0.29, 0.717) is 0 Å². The van der Waals surface area contributed by atoms with Crippen molar-refractivity contribution in [1.29, 1.82) is 0 Å². The maximum atomic E-state index is 2.41. The van der Waals surface area contributed by atoms with Crippen molar-refractivity contribution in [3.63, 3.8) is 0 Å². The average molecular weight is 732 g/mol. The van der Waals surface area contributed by atoms with E-state index in [0.717, 1.165) is 0 Å². The molecule has 10 aromatic rings. The molecule has 9 aromatic carbocycles. The highest BCUT2D eigenvalue weighted by Gasteiger charge is 2.20. The first-order valence-corrected chi connectivity index (χ1v) is 20.1. The number of nitrogens with zero attached hydrogens (tertiary/aromatic N) is 1. The number of para-hydroxylation sites is 1. The lowest BCUT2D eigenvalue weighted by molar-refractivity contribution is 0.591. The minimum Gasteiger partial charge on any atom is -0.309 e. The summed E-state index contributed by atoms with van der Waals surface area (Å²) in [6.07, 6.45) is 0. The van der Waals surface area contributed by atoms with Crippen molar-refractivity contribution in [2.45, 2.75) is 40.0 Å². The van der Waals surface area contributed by atoms with Crippen LogP contribution < -0.4 is 0 Å². The Labute approximate surface area is 335 Å². The molecule has 1 heteroatoms. The number of aryl methyl sites for hydroxylation is 2. The van der Waals surface area contributed by atoms with Gasteiger partial charge in [-0.15, -0.1) is 0 Å². The second kappa shape index (κ2) is 13.5. The summed E-state index contributed by atoms with van der Waals surface area (Å²) >= 11 is 0. The molecule has 0 saturated carbocycles. The van der Waals surface area contributed by atoms with Gasteiger partial charge in [0.15, 0.2) is 0 Å². The summed E-state index contributed by atoms with van der Waals surface area (Å²) in [5.74, 6) is 0. The minimum absolute atomic E-state index is 0.0551. The zero-order chi connectivity index (χ0) is 38.8. The van der Waals surface area contributed by atoms with Crippen LogP contribution in [0.1, 0.15) is 37.5 Å². The lowest BCUT2D eigenvalue weighted by Crippen LogP contribution is -2.10. The summed E-state index contributed by atoms with van der Waals surface area (Å²) in [7, 11) is 0. The molecule has 0 amide bonds. The van der Waals surface area contributed by atoms with Gasteiger partial charge in [-0.3, -0.25) is 0 Å². The van der Waals surface area contributed by atoms with E-state index in [4.69, 9.17) is 0 Å². The quantitative estimate of drug-likeness (QED) is 0.155. The third kappa shape index (κ3) is 6.03. The number of rotatable bonds is 5. The molecule has 57 heavy (non-hydrogen) atoms. The lowest BCUT2D eigenvalue weighted by atomic mass is 9.84. The molecule has 0 bridgehead atoms. The van der Waals surface area contributed by atoms with Gasteiger partial charge >= 0.3 is 0 Å². The highest BCUT2D eigenvalue weighted by atomic mass is 15.0. The SMILES string of the molecule is Cc1ccc2c(-c3ccc(-c4ccc5c(c4)c4cc(C(C)(C)C)ccc4n5-c4ccccc4)cc3)c3cc(C)ccc3c(-c3ccc(-c4ccccc4)cc3)c2c1. The average Bonchev–Trinajstić information content (AvgIpc) is 3.56. The molecule has 0 aliphatic heterocycles. The van der Waals surface area contributed by atoms with Crippen molar-refractivity contribution in [3.8, 4) is 50.2 Å². The van der Waals surface area contributed by atoms with E-state index in [1.165, 1.54) is 110 Å². The Morgan fingerprint density at radius 3 is 1.32 bits per heavy atom. The van der Waals surface area contributed by atoms with Gasteiger partial charge < -0.3 is 4.57 Å². The maximum Gasteiger partial charge on any atom is 0.0541 e. The monoisotopic (exact) mass is 731 g/mol. The van der Waals surface area contributed by atoms with E-state index in [9.17, 15) is 0 Å². The molecule has 0 atom stereocenters. The molecule has 1 aromatic heterocycles. The predicted molar refractivity (Wildman–Crippen MR) is 246 cm³/mol. The van der Waals surface area contributed by atoms with Crippen LogP contribution in [0.4, 0.5) is 0 Å². The van der Waals surface area contributed by atoms with Gasteiger partial charge in [-0.05, 0) is 127 Å². The summed E-state index contributed by atoms with van der Waals surface area (Å²) in [6, 6.07) is 67.7. The molecule has 10 rings (SSSR count). The second-order valence-corrected chi connectivity index (χ2v) is 16.8. The Morgan fingerprint density at radius 2 is 0.772 bits per heavy atom. The second-order valence-electron chi connectivity index (χ2n) is 16.8. The third-order valence-electron chi connectivity index (χ3n) is 11.9. The number of benzene rings is 9. The first kappa shape index (κ1) is 34.8. The largest absolute Gasteiger partial charge is 0.309 e. The molecule has 0 fully saturated rings. The Bertz CT molecular complexity index is 3120. The molecule has 274 valence electrons. The van der Waals surface area contributed by atoms with E-state index in [-0.39, 0.29) is 5.41 Å². The van der Waals surface area contributed by atoms with Crippen LogP contribution in [0.3, 0.4) is 0 Å². The highest BCUT2D eigenvalue weighted by Crippen LogP contribution is 2.45. The van der Waals surface area contributed by atoms with E-state index in [1.54, 1.807) is 0 Å². The van der Waals surface area contributed by atoms with Gasteiger partial charge in [-0.25, -0.2) is 0 Å². The molecule has 0 unspecified atom stereocenters. The third-order valence-corrected chi connectivity index (χ3v) is 11.9. The Balaban J connectivity index is 1.12. The molecule has 0 aliphatic rings. The normalized spacial score (nSPS) is 11.9. The molecule has 0 saturated heterocycles. The van der Waals surface area contributed by atoms with Crippen molar-refractivity contribution < 1.29 is 0 Å². The topological polar surface area (TPSA) is 4.93 Å². The maximum absolute atomic E-state index is 2.41. The number of hydrogen-bond donors (Lipinski definition) is 0. The highest BCUT2D eigenvalue weighted by molar-refractivity contribution is 6.21. The van der Waals surface area contributed by atoms with E-state index in [2.05, 4.69) is 221 Å². The Morgan fingerprint density at radius 1 is 0.333 bits per heavy atom. The molecular weight excluding hydrogens is 687 g/mol. The van der Waals surface area contributed by atoms with Crippen LogP contribution >= 0.6 is 0 Å². The first-order chi connectivity index (χ1) is 27.7. The number of fused-ring (bicyclic) bond motifs is 5. The summed E-state index contributed by atoms with van der Waals surface area (Å²) in [5.41, 5.74) is 17.5. The summed E-state index contributed by atoms with van der Waals surface area (Å²) < 4.78 is 2.41. The summed E-state index contributed by atoms with van der Waals surface area (Å²) in [6.45, 7) is 11.3. The summed E-state index contributed by atoms with van der Waals surface area (Å²) in [4.78, 5) is 0. The molecular formula is C56H45N. The van der Waals surface area contributed by atoms with Crippen molar-refractivity contribution >= 4 is 43.4 Å². The van der Waals surface area contributed by atoms with Crippen molar-refractivity contribution in [1.82, 2.24) is 4.57 Å². The fraction of sp³-hybridized carbons (Fsp3) is 0.107. The Kier molecular flexibility index (Phi) is 8.23. The standard InChI is InChI=1S/C56H45N/c1-36-17-29-47-50(32-36)54(41-22-18-39(19-23-41)38-12-8-6-9-13-38)46-28-16-37(2)33-51(46)55(47)42-24-20-40(21-25-42)43-26-30-52-48(34-43)49-35-44(56(3,4)5)27-31-53(49)57(52)45-14-10-7-11-15-45/h6-35H,1-5H3. The van der Waals surface area contributed by atoms with Crippen LogP contribution in [0.2, 0.25) is 0 Å². The zero-order valence-corrected chi connectivity index (χ0v) is 33.3. The molecule has 0 radical (unpaired) electrons. The number of hydrogen-bond acceptors (Lipinski definition) is 0. The van der Waals surface area contributed by atoms with E-state index < -0.39 is 0 Å². The fourth-order valence-corrected chi connectivity index (χ4v) is 8.89. The van der Waals surface area contributed by atoms with Crippen LogP contribution in [-0.2, 0) is 5.41 Å². The first-order valence-electron chi connectivity index (χ1n) is 20.1. The summed E-state index contributed by atoms with van der Waals surface area (Å²) in [5, 5.41) is 7.69. The zero-order valence-electron chi connectivity index (χ0n) is 33.3. The number of aromatic nitrogens is 1. The van der Waals surface area contributed by atoms with Gasteiger partial charge in [0.25, 0.3) is 0 Å². The van der Waals surface area contributed by atoms with Crippen LogP contribution in [-0.4, -0.2) is 4.57 Å². The Hall–Kier alpha value is -6.70.